The molecule has 0 aliphatic carbocycles. The minimum atomic E-state index is -0.694. The van der Waals surface area contributed by atoms with Crippen molar-refractivity contribution in [3.63, 3.8) is 0 Å². The van der Waals surface area contributed by atoms with Gasteiger partial charge in [-0.25, -0.2) is 0 Å². The van der Waals surface area contributed by atoms with Gasteiger partial charge in [0.05, 0.1) is 5.92 Å². The lowest BCUT2D eigenvalue weighted by molar-refractivity contribution is -0.140. The highest BCUT2D eigenvalue weighted by molar-refractivity contribution is 5.73. The van der Waals surface area contributed by atoms with Crippen molar-refractivity contribution in [2.24, 2.45) is 11.8 Å². The second-order valence-electron chi connectivity index (χ2n) is 4.00. The van der Waals surface area contributed by atoms with Crippen molar-refractivity contribution in [1.82, 2.24) is 4.90 Å². The van der Waals surface area contributed by atoms with Gasteiger partial charge in [-0.05, 0) is 37.5 Å². The minimum absolute atomic E-state index is 0.298. The summed E-state index contributed by atoms with van der Waals surface area (Å²) in [4.78, 5) is 13.1. The van der Waals surface area contributed by atoms with Crippen LogP contribution in [0.25, 0.3) is 0 Å². The summed E-state index contributed by atoms with van der Waals surface area (Å²) in [6.07, 6.45) is 4.35. The second-order valence-corrected chi connectivity index (χ2v) is 4.00. The third-order valence-corrected chi connectivity index (χ3v) is 3.20. The zero-order chi connectivity index (χ0) is 9.42. The molecule has 2 bridgehead atoms. The fourth-order valence-electron chi connectivity index (χ4n) is 2.29. The highest BCUT2D eigenvalue weighted by atomic mass is 16.4. The van der Waals surface area contributed by atoms with Gasteiger partial charge in [-0.15, -0.1) is 0 Å². The number of aliphatic carboxylic acids is 1. The van der Waals surface area contributed by atoms with Gasteiger partial charge in [0.1, 0.15) is 0 Å². The molecule has 0 aromatic heterocycles. The maximum atomic E-state index is 10.8. The van der Waals surface area contributed by atoms with Crippen LogP contribution >= 0.6 is 0 Å². The lowest BCUT2D eigenvalue weighted by atomic mass is 9.80. The molecule has 0 amide bonds. The summed E-state index contributed by atoms with van der Waals surface area (Å²) in [5, 5.41) is 8.90. The van der Waals surface area contributed by atoms with Crippen LogP contribution in [0.5, 0.6) is 0 Å². The smallest absolute Gasteiger partial charge is 0.310 e. The van der Waals surface area contributed by atoms with Gasteiger partial charge in [0.25, 0.3) is 0 Å². The normalized spacial score (nSPS) is 24.4. The van der Waals surface area contributed by atoms with Crippen LogP contribution in [-0.2, 0) is 4.79 Å². The maximum absolute atomic E-state index is 10.8. The third-order valence-electron chi connectivity index (χ3n) is 3.20. The zero-order valence-electron chi connectivity index (χ0n) is 7.86. The number of nitrogens with zero attached hydrogens (tertiary/aromatic N) is 1. The SMILES string of the molecule is CC(C(=O)O)C1=CN2CCC1CC2. The van der Waals surface area contributed by atoms with E-state index in [1.165, 1.54) is 0 Å². The van der Waals surface area contributed by atoms with E-state index in [0.717, 1.165) is 31.5 Å². The van der Waals surface area contributed by atoms with Gasteiger partial charge in [0, 0.05) is 13.1 Å². The first-order valence-corrected chi connectivity index (χ1v) is 4.87. The standard InChI is InChI=1S/C10H15NO2/c1-7(10(12)13)9-6-11-4-2-8(9)3-5-11/h6-8H,2-5H2,1H3,(H,12,13). The van der Waals surface area contributed by atoms with E-state index in [9.17, 15) is 4.79 Å². The molecule has 72 valence electrons. The molecule has 3 rings (SSSR count). The first-order valence-electron chi connectivity index (χ1n) is 4.87. The van der Waals surface area contributed by atoms with Crippen molar-refractivity contribution in [2.45, 2.75) is 19.8 Å². The molecular weight excluding hydrogens is 166 g/mol. The summed E-state index contributed by atoms with van der Waals surface area (Å²) in [6, 6.07) is 0. The number of carbonyl (C=O) groups is 1. The molecule has 1 unspecified atom stereocenters. The molecule has 0 saturated carbocycles. The van der Waals surface area contributed by atoms with Crippen molar-refractivity contribution < 1.29 is 9.90 Å². The van der Waals surface area contributed by atoms with E-state index in [0.29, 0.717) is 5.92 Å². The van der Waals surface area contributed by atoms with Crippen LogP contribution in [0.15, 0.2) is 11.8 Å². The van der Waals surface area contributed by atoms with Gasteiger partial charge < -0.3 is 10.0 Å². The fraction of sp³-hybridized carbons (Fsp3) is 0.700. The second kappa shape index (κ2) is 3.05. The molecule has 0 aromatic carbocycles. The quantitative estimate of drug-likeness (QED) is 0.698. The van der Waals surface area contributed by atoms with E-state index in [-0.39, 0.29) is 5.92 Å². The largest absolute Gasteiger partial charge is 0.481 e. The Balaban J connectivity index is 2.19. The Hall–Kier alpha value is -0.990. The van der Waals surface area contributed by atoms with Gasteiger partial charge in [0.15, 0.2) is 0 Å². The van der Waals surface area contributed by atoms with E-state index in [2.05, 4.69) is 11.1 Å². The van der Waals surface area contributed by atoms with Crippen molar-refractivity contribution >= 4 is 5.97 Å². The Morgan fingerprint density at radius 3 is 2.62 bits per heavy atom. The average Bonchev–Trinajstić information content (AvgIpc) is 2.18. The Morgan fingerprint density at radius 1 is 1.62 bits per heavy atom. The van der Waals surface area contributed by atoms with Crippen molar-refractivity contribution in [3.8, 4) is 0 Å². The highest BCUT2D eigenvalue weighted by Gasteiger charge is 2.32. The average molecular weight is 181 g/mol. The third kappa shape index (κ3) is 1.43. The van der Waals surface area contributed by atoms with Crippen LogP contribution in [0.1, 0.15) is 19.8 Å². The van der Waals surface area contributed by atoms with E-state index in [4.69, 9.17) is 5.11 Å². The molecule has 13 heavy (non-hydrogen) atoms. The van der Waals surface area contributed by atoms with E-state index in [1.54, 1.807) is 6.92 Å². The maximum Gasteiger partial charge on any atom is 0.310 e. The Labute approximate surface area is 78.0 Å². The monoisotopic (exact) mass is 181 g/mol. The van der Waals surface area contributed by atoms with Crippen LogP contribution in [0.3, 0.4) is 0 Å². The predicted molar refractivity (Wildman–Crippen MR) is 49.2 cm³/mol. The molecule has 3 heterocycles. The molecule has 1 atom stereocenters. The molecule has 0 aromatic rings. The Morgan fingerprint density at radius 2 is 2.23 bits per heavy atom. The predicted octanol–water partition coefficient (Wildman–Crippen LogP) is 1.32. The lowest BCUT2D eigenvalue weighted by Crippen LogP contribution is -2.38. The molecule has 3 heteroatoms. The summed E-state index contributed by atoms with van der Waals surface area (Å²) in [5.41, 5.74) is 1.13. The molecule has 3 nitrogen and oxygen atoms in total. The number of fused-ring (bicyclic) bond motifs is 2. The summed E-state index contributed by atoms with van der Waals surface area (Å²) in [5.74, 6) is -0.454. The first kappa shape index (κ1) is 8.60. The van der Waals surface area contributed by atoms with Crippen LogP contribution in [0, 0.1) is 11.8 Å². The van der Waals surface area contributed by atoms with E-state index < -0.39 is 5.97 Å². The lowest BCUT2D eigenvalue weighted by Gasteiger charge is -2.40. The molecule has 0 spiro atoms. The first-order chi connectivity index (χ1) is 6.18. The van der Waals surface area contributed by atoms with Gasteiger partial charge in [-0.3, -0.25) is 4.79 Å². The number of piperidine rings is 1. The fourth-order valence-corrected chi connectivity index (χ4v) is 2.29. The zero-order valence-corrected chi connectivity index (χ0v) is 7.86. The number of hydrogen-bond donors (Lipinski definition) is 1. The highest BCUT2D eigenvalue weighted by Crippen LogP contribution is 2.35. The van der Waals surface area contributed by atoms with Crippen molar-refractivity contribution in [3.05, 3.63) is 11.8 Å². The number of hydrogen-bond acceptors (Lipinski definition) is 2. The number of rotatable bonds is 2. The number of carboxylic acids is 1. The van der Waals surface area contributed by atoms with Crippen LogP contribution in [-0.4, -0.2) is 29.1 Å². The topological polar surface area (TPSA) is 40.5 Å². The van der Waals surface area contributed by atoms with Crippen LogP contribution in [0.2, 0.25) is 0 Å². The summed E-state index contributed by atoms with van der Waals surface area (Å²) >= 11 is 0. The Bertz CT molecular complexity index is 252. The van der Waals surface area contributed by atoms with Gasteiger partial charge in [-0.1, -0.05) is 0 Å². The van der Waals surface area contributed by atoms with Crippen molar-refractivity contribution in [2.75, 3.05) is 13.1 Å². The number of carboxylic acid groups (broad SMARTS) is 1. The van der Waals surface area contributed by atoms with Crippen LogP contribution < -0.4 is 0 Å². The molecule has 1 saturated heterocycles. The molecule has 3 aliphatic rings. The van der Waals surface area contributed by atoms with E-state index in [1.807, 2.05) is 0 Å². The summed E-state index contributed by atoms with van der Waals surface area (Å²) in [7, 11) is 0. The summed E-state index contributed by atoms with van der Waals surface area (Å²) < 4.78 is 0. The van der Waals surface area contributed by atoms with Gasteiger partial charge >= 0.3 is 5.97 Å². The Kier molecular flexibility index (Phi) is 2.02. The summed E-state index contributed by atoms with van der Waals surface area (Å²) in [6.45, 7) is 4.01. The molecule has 1 fully saturated rings. The minimum Gasteiger partial charge on any atom is -0.481 e. The van der Waals surface area contributed by atoms with Gasteiger partial charge in [0.2, 0.25) is 0 Å². The molecule has 0 radical (unpaired) electrons. The molecule has 1 N–H and O–H groups in total. The molecular formula is C10H15NO2. The molecule has 3 aliphatic heterocycles. The van der Waals surface area contributed by atoms with Crippen LogP contribution in [0.4, 0.5) is 0 Å². The van der Waals surface area contributed by atoms with Gasteiger partial charge in [-0.2, -0.15) is 0 Å². The van der Waals surface area contributed by atoms with Crippen molar-refractivity contribution in [1.29, 1.82) is 0 Å². The van der Waals surface area contributed by atoms with E-state index >= 15 is 0 Å².